The maximum atomic E-state index is 12.2. The van der Waals surface area contributed by atoms with Crippen LogP contribution in [-0.2, 0) is 19.2 Å². The highest BCUT2D eigenvalue weighted by Crippen LogP contribution is 2.19. The van der Waals surface area contributed by atoms with Crippen LogP contribution in [-0.4, -0.2) is 53.2 Å². The lowest BCUT2D eigenvalue weighted by atomic mass is 10.1. The molecule has 152 valence electrons. The van der Waals surface area contributed by atoms with Crippen molar-refractivity contribution >= 4 is 47.3 Å². The Bertz CT molecular complexity index is 785. The van der Waals surface area contributed by atoms with Crippen LogP contribution in [0.3, 0.4) is 0 Å². The van der Waals surface area contributed by atoms with E-state index in [1.807, 2.05) is 0 Å². The van der Waals surface area contributed by atoms with Crippen LogP contribution in [0.25, 0.3) is 0 Å². The maximum Gasteiger partial charge on any atom is 0.305 e. The van der Waals surface area contributed by atoms with E-state index in [-0.39, 0.29) is 10.6 Å². The van der Waals surface area contributed by atoms with E-state index in [0.717, 1.165) is 0 Å². The molecule has 0 aliphatic carbocycles. The number of aldehydes is 1. The summed E-state index contributed by atoms with van der Waals surface area (Å²) in [6.07, 6.45) is -0.284. The molecule has 1 rings (SSSR count). The predicted molar refractivity (Wildman–Crippen MR) is 101 cm³/mol. The number of hydrogen-bond donors (Lipinski definition) is 5. The molecular formula is C17H21ClN4O6. The van der Waals surface area contributed by atoms with Crippen molar-refractivity contribution in [3.63, 3.8) is 0 Å². The lowest BCUT2D eigenvalue weighted by molar-refractivity contribution is -0.139. The summed E-state index contributed by atoms with van der Waals surface area (Å²) < 4.78 is 0. The number of rotatable bonds is 9. The molecule has 1 aromatic rings. The van der Waals surface area contributed by atoms with E-state index in [2.05, 4.69) is 16.0 Å². The van der Waals surface area contributed by atoms with Crippen LogP contribution in [0.2, 0.25) is 5.02 Å². The van der Waals surface area contributed by atoms with E-state index in [0.29, 0.717) is 12.0 Å². The summed E-state index contributed by atoms with van der Waals surface area (Å²) >= 11 is 5.86. The van der Waals surface area contributed by atoms with E-state index in [1.165, 1.54) is 32.0 Å². The number of carboxylic acids is 1. The molecule has 0 unspecified atom stereocenters. The number of benzene rings is 1. The number of amides is 3. The summed E-state index contributed by atoms with van der Waals surface area (Å²) in [7, 11) is 0. The molecule has 3 amide bonds. The van der Waals surface area contributed by atoms with Crippen molar-refractivity contribution in [3.8, 4) is 0 Å². The molecule has 0 heterocycles. The van der Waals surface area contributed by atoms with Crippen molar-refractivity contribution in [3.05, 3.63) is 28.8 Å². The number of nitrogen functional groups attached to an aromatic ring is 1. The Hall–Kier alpha value is -3.14. The second-order valence-corrected chi connectivity index (χ2v) is 6.42. The van der Waals surface area contributed by atoms with E-state index >= 15 is 0 Å². The highest BCUT2D eigenvalue weighted by molar-refractivity contribution is 6.33. The average molecular weight is 413 g/mol. The summed E-state index contributed by atoms with van der Waals surface area (Å²) in [5.74, 6) is -3.22. The van der Waals surface area contributed by atoms with E-state index < -0.39 is 48.2 Å². The first-order valence-electron chi connectivity index (χ1n) is 8.18. The summed E-state index contributed by atoms with van der Waals surface area (Å²) in [5, 5.41) is 15.9. The molecule has 28 heavy (non-hydrogen) atoms. The van der Waals surface area contributed by atoms with Gasteiger partial charge in [0.25, 0.3) is 5.91 Å². The van der Waals surface area contributed by atoms with Gasteiger partial charge in [-0.2, -0.15) is 0 Å². The lowest BCUT2D eigenvalue weighted by Crippen LogP contribution is -2.53. The molecule has 11 heteroatoms. The summed E-state index contributed by atoms with van der Waals surface area (Å²) in [6, 6.07) is 0.995. The average Bonchev–Trinajstić information content (AvgIpc) is 2.62. The number of anilines is 1. The van der Waals surface area contributed by atoms with Gasteiger partial charge in [-0.1, -0.05) is 11.6 Å². The normalized spacial score (nSPS) is 13.5. The molecule has 1 aromatic carbocycles. The van der Waals surface area contributed by atoms with E-state index in [1.54, 1.807) is 0 Å². The minimum Gasteiger partial charge on any atom is -0.481 e. The fourth-order valence-electron chi connectivity index (χ4n) is 2.05. The standard InChI is InChI=1S/C17H21ClN4O6/c1-8(21-17(28)10-3-4-13(19)12(18)5-10)15(26)20-9(2)16(27)22-11(7-23)6-14(24)25/h3-5,7-9,11H,6,19H2,1-2H3,(H,20,26)(H,21,28)(H,22,27)(H,24,25)/t8-,9-,11-/m0/s1. The van der Waals surface area contributed by atoms with Crippen LogP contribution in [0.4, 0.5) is 5.69 Å². The third kappa shape index (κ3) is 6.88. The zero-order valence-corrected chi connectivity index (χ0v) is 15.9. The Morgan fingerprint density at radius 1 is 1.11 bits per heavy atom. The molecule has 3 atom stereocenters. The lowest BCUT2D eigenvalue weighted by Gasteiger charge is -2.19. The van der Waals surface area contributed by atoms with Crippen LogP contribution < -0.4 is 21.7 Å². The van der Waals surface area contributed by atoms with Crippen molar-refractivity contribution in [2.45, 2.75) is 38.4 Å². The number of nitrogens with two attached hydrogens (primary N) is 1. The van der Waals surface area contributed by atoms with E-state index in [4.69, 9.17) is 22.4 Å². The topological polar surface area (TPSA) is 168 Å². The number of nitrogens with one attached hydrogen (secondary N) is 3. The second kappa shape index (κ2) is 10.3. The van der Waals surface area contributed by atoms with Crippen molar-refractivity contribution in [2.75, 3.05) is 5.73 Å². The molecule has 0 aromatic heterocycles. The first-order valence-corrected chi connectivity index (χ1v) is 8.56. The minimum atomic E-state index is -1.26. The Labute approximate surface area is 165 Å². The van der Waals surface area contributed by atoms with Crippen molar-refractivity contribution in [2.24, 2.45) is 0 Å². The molecular weight excluding hydrogens is 392 g/mol. The maximum absolute atomic E-state index is 12.2. The molecule has 0 aliphatic rings. The molecule has 0 aliphatic heterocycles. The zero-order chi connectivity index (χ0) is 21.4. The van der Waals surface area contributed by atoms with Gasteiger partial charge in [0.1, 0.15) is 18.4 Å². The third-order valence-electron chi connectivity index (χ3n) is 3.64. The Morgan fingerprint density at radius 3 is 2.21 bits per heavy atom. The molecule has 10 nitrogen and oxygen atoms in total. The number of halogens is 1. The smallest absolute Gasteiger partial charge is 0.305 e. The molecule has 0 saturated carbocycles. The molecule has 0 fully saturated rings. The SMILES string of the molecule is C[C@H](NC(=O)c1ccc(N)c(Cl)c1)C(=O)N[C@@H](C)C(=O)N[C@H](C=O)CC(=O)O. The van der Waals surface area contributed by atoms with Gasteiger partial charge in [-0.3, -0.25) is 19.2 Å². The van der Waals surface area contributed by atoms with Gasteiger partial charge in [-0.25, -0.2) is 0 Å². The third-order valence-corrected chi connectivity index (χ3v) is 3.97. The van der Waals surface area contributed by atoms with Crippen LogP contribution in [0, 0.1) is 0 Å². The molecule has 0 spiro atoms. The van der Waals surface area contributed by atoms with Crippen LogP contribution >= 0.6 is 11.6 Å². The van der Waals surface area contributed by atoms with Crippen molar-refractivity contribution in [1.82, 2.24) is 16.0 Å². The van der Waals surface area contributed by atoms with Crippen LogP contribution in [0.1, 0.15) is 30.6 Å². The fourth-order valence-corrected chi connectivity index (χ4v) is 2.23. The molecule has 0 saturated heterocycles. The summed E-state index contributed by atoms with van der Waals surface area (Å²) in [6.45, 7) is 2.76. The van der Waals surface area contributed by atoms with Gasteiger partial charge in [0.05, 0.1) is 23.2 Å². The van der Waals surface area contributed by atoms with Crippen LogP contribution in [0.15, 0.2) is 18.2 Å². The van der Waals surface area contributed by atoms with Crippen molar-refractivity contribution < 1.29 is 29.1 Å². The largest absolute Gasteiger partial charge is 0.481 e. The predicted octanol–water partition coefficient (Wildman–Crippen LogP) is -0.296. The highest BCUT2D eigenvalue weighted by Gasteiger charge is 2.24. The second-order valence-electron chi connectivity index (χ2n) is 6.01. The fraction of sp³-hybridized carbons (Fsp3) is 0.353. The van der Waals surface area contributed by atoms with Gasteiger partial charge in [-0.05, 0) is 32.0 Å². The molecule has 6 N–H and O–H groups in total. The summed E-state index contributed by atoms with van der Waals surface area (Å²) in [5.41, 5.74) is 6.08. The monoisotopic (exact) mass is 412 g/mol. The van der Waals surface area contributed by atoms with Gasteiger partial charge in [0.15, 0.2) is 0 Å². The Balaban J connectivity index is 2.61. The summed E-state index contributed by atoms with van der Waals surface area (Å²) in [4.78, 5) is 57.7. The number of carbonyl (C=O) groups excluding carboxylic acids is 4. The number of hydrogen-bond acceptors (Lipinski definition) is 6. The minimum absolute atomic E-state index is 0.196. The first kappa shape index (κ1) is 22.9. The quantitative estimate of drug-likeness (QED) is 0.274. The number of carbonyl (C=O) groups is 5. The zero-order valence-electron chi connectivity index (χ0n) is 15.2. The van der Waals surface area contributed by atoms with Gasteiger partial charge >= 0.3 is 5.97 Å². The Kier molecular flexibility index (Phi) is 8.39. The number of aliphatic carboxylic acids is 1. The van der Waals surface area contributed by atoms with Gasteiger partial charge in [0, 0.05) is 5.56 Å². The van der Waals surface area contributed by atoms with Gasteiger partial charge < -0.3 is 31.6 Å². The molecule has 0 bridgehead atoms. The number of carboxylic acid groups (broad SMARTS) is 1. The first-order chi connectivity index (χ1) is 13.0. The van der Waals surface area contributed by atoms with Crippen LogP contribution in [0.5, 0.6) is 0 Å². The van der Waals surface area contributed by atoms with Gasteiger partial charge in [0.2, 0.25) is 11.8 Å². The van der Waals surface area contributed by atoms with Crippen molar-refractivity contribution in [1.29, 1.82) is 0 Å². The van der Waals surface area contributed by atoms with Gasteiger partial charge in [-0.15, -0.1) is 0 Å². The van der Waals surface area contributed by atoms with E-state index in [9.17, 15) is 24.0 Å². The molecule has 0 radical (unpaired) electrons. The Morgan fingerprint density at radius 2 is 1.68 bits per heavy atom. The highest BCUT2D eigenvalue weighted by atomic mass is 35.5.